The Morgan fingerprint density at radius 3 is 2.61 bits per heavy atom. The molecule has 0 fully saturated rings. The van der Waals surface area contributed by atoms with Crippen LogP contribution in [0.15, 0.2) is 54.1 Å². The molecule has 0 saturated heterocycles. The van der Waals surface area contributed by atoms with Crippen LogP contribution in [0.25, 0.3) is 11.1 Å². The third-order valence-electron chi connectivity index (χ3n) is 5.48. The highest BCUT2D eigenvalue weighted by molar-refractivity contribution is 6.35. The zero-order valence-electron chi connectivity index (χ0n) is 16.2. The SMILES string of the molecule is C=C(C)[C@@H]1C[C@H](O)C(C)=C[C@H]1c1c(O)cc(-c2cccc(OC)c2)c(Cl)c1O. The summed E-state index contributed by atoms with van der Waals surface area (Å²) >= 11 is 6.52. The smallest absolute Gasteiger partial charge is 0.142 e. The average molecular weight is 401 g/mol. The van der Waals surface area contributed by atoms with Crippen LogP contribution in [-0.4, -0.2) is 28.5 Å². The van der Waals surface area contributed by atoms with Crippen LogP contribution in [0.3, 0.4) is 0 Å². The zero-order chi connectivity index (χ0) is 20.6. The molecule has 0 saturated carbocycles. The van der Waals surface area contributed by atoms with Crippen LogP contribution in [-0.2, 0) is 0 Å². The Morgan fingerprint density at radius 2 is 1.96 bits per heavy atom. The minimum Gasteiger partial charge on any atom is -0.507 e. The lowest BCUT2D eigenvalue weighted by Gasteiger charge is -2.34. The van der Waals surface area contributed by atoms with E-state index in [0.29, 0.717) is 23.3 Å². The van der Waals surface area contributed by atoms with Crippen molar-refractivity contribution in [3.05, 3.63) is 64.7 Å². The highest BCUT2D eigenvalue weighted by atomic mass is 35.5. The number of aliphatic hydroxyl groups is 1. The third-order valence-corrected chi connectivity index (χ3v) is 5.86. The van der Waals surface area contributed by atoms with E-state index in [1.54, 1.807) is 19.2 Å². The molecule has 0 aromatic heterocycles. The summed E-state index contributed by atoms with van der Waals surface area (Å²) in [5.74, 6) is 0.0124. The minimum atomic E-state index is -0.561. The van der Waals surface area contributed by atoms with Crippen LogP contribution in [0.4, 0.5) is 0 Å². The standard InChI is InChI=1S/C23H25ClO4/c1-12(2)16-10-19(25)13(3)8-18(16)21-20(26)11-17(22(24)23(21)27)14-6-5-7-15(9-14)28-4/h5-9,11,16,18-19,25-27H,1,10H2,2-4H3/t16-,18+,19-/m0/s1. The fourth-order valence-corrected chi connectivity index (χ4v) is 4.12. The Hall–Kier alpha value is -2.43. The van der Waals surface area contributed by atoms with Crippen molar-refractivity contribution in [2.75, 3.05) is 7.11 Å². The Morgan fingerprint density at radius 1 is 1.25 bits per heavy atom. The Kier molecular flexibility index (Phi) is 5.73. The van der Waals surface area contributed by atoms with Gasteiger partial charge in [0.1, 0.15) is 17.2 Å². The molecule has 3 rings (SSSR count). The van der Waals surface area contributed by atoms with E-state index in [9.17, 15) is 15.3 Å². The molecule has 28 heavy (non-hydrogen) atoms. The van der Waals surface area contributed by atoms with E-state index in [-0.39, 0.29) is 28.4 Å². The van der Waals surface area contributed by atoms with Gasteiger partial charge in [-0.25, -0.2) is 0 Å². The van der Waals surface area contributed by atoms with Crippen LogP contribution in [0.5, 0.6) is 17.2 Å². The number of ether oxygens (including phenoxy) is 1. The highest BCUT2D eigenvalue weighted by Gasteiger charge is 2.34. The average Bonchev–Trinajstić information content (AvgIpc) is 2.67. The van der Waals surface area contributed by atoms with Crippen molar-refractivity contribution in [3.8, 4) is 28.4 Å². The van der Waals surface area contributed by atoms with Crippen LogP contribution in [0.1, 0.15) is 31.7 Å². The van der Waals surface area contributed by atoms with Crippen molar-refractivity contribution in [2.24, 2.45) is 5.92 Å². The molecule has 0 amide bonds. The van der Waals surface area contributed by atoms with Gasteiger partial charge in [0.2, 0.25) is 0 Å². The van der Waals surface area contributed by atoms with Crippen molar-refractivity contribution >= 4 is 11.6 Å². The van der Waals surface area contributed by atoms with Crippen molar-refractivity contribution < 1.29 is 20.1 Å². The fourth-order valence-electron chi connectivity index (χ4n) is 3.85. The van der Waals surface area contributed by atoms with Gasteiger partial charge in [-0.2, -0.15) is 0 Å². The second-order valence-corrected chi connectivity index (χ2v) is 7.77. The van der Waals surface area contributed by atoms with E-state index >= 15 is 0 Å². The van der Waals surface area contributed by atoms with Gasteiger partial charge >= 0.3 is 0 Å². The Bertz CT molecular complexity index is 948. The third kappa shape index (κ3) is 3.62. The van der Waals surface area contributed by atoms with Gasteiger partial charge in [0.25, 0.3) is 0 Å². The van der Waals surface area contributed by atoms with Crippen molar-refractivity contribution in [2.45, 2.75) is 32.3 Å². The quantitative estimate of drug-likeness (QED) is 0.600. The van der Waals surface area contributed by atoms with Gasteiger partial charge < -0.3 is 20.1 Å². The van der Waals surface area contributed by atoms with Crippen LogP contribution in [0.2, 0.25) is 5.02 Å². The second-order valence-electron chi connectivity index (χ2n) is 7.39. The predicted octanol–water partition coefficient (Wildman–Crippen LogP) is 5.41. The molecular weight excluding hydrogens is 376 g/mol. The molecule has 1 aliphatic rings. The molecule has 0 radical (unpaired) electrons. The molecule has 148 valence electrons. The van der Waals surface area contributed by atoms with E-state index in [2.05, 4.69) is 6.58 Å². The summed E-state index contributed by atoms with van der Waals surface area (Å²) in [6.45, 7) is 7.76. The molecule has 3 N–H and O–H groups in total. The van der Waals surface area contributed by atoms with E-state index in [1.165, 1.54) is 0 Å². The second kappa shape index (κ2) is 7.90. The van der Waals surface area contributed by atoms with Gasteiger partial charge in [0.15, 0.2) is 0 Å². The van der Waals surface area contributed by atoms with E-state index in [0.717, 1.165) is 16.7 Å². The molecule has 0 bridgehead atoms. The first kappa shape index (κ1) is 20.3. The minimum absolute atomic E-state index is 0.0450. The number of benzene rings is 2. The number of phenolic OH excluding ortho intramolecular Hbond substituents is 2. The maximum absolute atomic E-state index is 10.9. The van der Waals surface area contributed by atoms with E-state index < -0.39 is 6.10 Å². The number of allylic oxidation sites excluding steroid dienone is 2. The first-order chi connectivity index (χ1) is 13.2. The summed E-state index contributed by atoms with van der Waals surface area (Å²) in [5, 5.41) is 32.1. The maximum atomic E-state index is 10.9. The number of phenols is 2. The summed E-state index contributed by atoms with van der Waals surface area (Å²) in [6.07, 6.45) is 1.80. The summed E-state index contributed by atoms with van der Waals surface area (Å²) < 4.78 is 5.25. The van der Waals surface area contributed by atoms with Gasteiger partial charge in [-0.3, -0.25) is 0 Å². The molecule has 2 aromatic carbocycles. The Balaban J connectivity index is 2.16. The van der Waals surface area contributed by atoms with Gasteiger partial charge in [0.05, 0.1) is 18.2 Å². The van der Waals surface area contributed by atoms with Crippen molar-refractivity contribution in [1.82, 2.24) is 0 Å². The summed E-state index contributed by atoms with van der Waals surface area (Å²) in [4.78, 5) is 0. The van der Waals surface area contributed by atoms with Gasteiger partial charge in [0, 0.05) is 17.0 Å². The summed E-state index contributed by atoms with van der Waals surface area (Å²) in [5.41, 5.74) is 3.27. The number of rotatable bonds is 4. The van der Waals surface area contributed by atoms with Crippen LogP contribution >= 0.6 is 11.6 Å². The number of halogens is 1. The van der Waals surface area contributed by atoms with E-state index in [1.807, 2.05) is 38.1 Å². The highest BCUT2D eigenvalue weighted by Crippen LogP contribution is 2.50. The molecule has 0 spiro atoms. The maximum Gasteiger partial charge on any atom is 0.142 e. The molecule has 0 unspecified atom stereocenters. The predicted molar refractivity (Wildman–Crippen MR) is 112 cm³/mol. The largest absolute Gasteiger partial charge is 0.507 e. The normalized spacial score (nSPS) is 21.9. The lowest BCUT2D eigenvalue weighted by molar-refractivity contribution is 0.168. The number of methoxy groups -OCH3 is 1. The molecule has 4 nitrogen and oxygen atoms in total. The molecule has 0 aliphatic heterocycles. The molecule has 0 heterocycles. The summed E-state index contributed by atoms with van der Waals surface area (Å²) in [7, 11) is 1.57. The summed E-state index contributed by atoms with van der Waals surface area (Å²) in [6, 6.07) is 8.81. The first-order valence-electron chi connectivity index (χ1n) is 9.15. The molecule has 2 aromatic rings. The Labute approximate surface area is 170 Å². The van der Waals surface area contributed by atoms with E-state index in [4.69, 9.17) is 16.3 Å². The number of aliphatic hydroxyl groups excluding tert-OH is 1. The van der Waals surface area contributed by atoms with Crippen molar-refractivity contribution in [3.63, 3.8) is 0 Å². The zero-order valence-corrected chi connectivity index (χ0v) is 17.0. The van der Waals surface area contributed by atoms with Crippen LogP contribution < -0.4 is 4.74 Å². The van der Waals surface area contributed by atoms with Gasteiger partial charge in [-0.15, -0.1) is 0 Å². The molecule has 3 atom stereocenters. The number of aromatic hydroxyl groups is 2. The van der Waals surface area contributed by atoms with Gasteiger partial charge in [-0.05, 0) is 55.5 Å². The topological polar surface area (TPSA) is 69.9 Å². The molecule has 1 aliphatic carbocycles. The molecular formula is C23H25ClO4. The first-order valence-corrected chi connectivity index (χ1v) is 9.52. The number of hydrogen-bond donors (Lipinski definition) is 3. The monoisotopic (exact) mass is 400 g/mol. The lowest BCUT2D eigenvalue weighted by Crippen LogP contribution is -2.26. The fraction of sp³-hybridized carbons (Fsp3) is 0.304. The lowest BCUT2D eigenvalue weighted by atomic mass is 9.72. The van der Waals surface area contributed by atoms with Crippen LogP contribution in [0, 0.1) is 5.92 Å². The number of hydrogen-bond acceptors (Lipinski definition) is 4. The molecule has 5 heteroatoms. The van der Waals surface area contributed by atoms with Crippen molar-refractivity contribution in [1.29, 1.82) is 0 Å². The van der Waals surface area contributed by atoms with Gasteiger partial charge in [-0.1, -0.05) is 42.0 Å².